The Balaban J connectivity index is 4.40. The Bertz CT molecular complexity index is 389. The molecule has 0 saturated heterocycles. The van der Waals surface area contributed by atoms with Gasteiger partial charge >= 0.3 is 12.0 Å². The van der Waals surface area contributed by atoms with Crippen LogP contribution in [-0.4, -0.2) is 54.1 Å². The van der Waals surface area contributed by atoms with Gasteiger partial charge in [0.1, 0.15) is 0 Å². The largest absolute Gasteiger partial charge is 0.481 e. The normalized spacial score (nSPS) is 11.7. The van der Waals surface area contributed by atoms with Crippen LogP contribution in [-0.2, 0) is 9.59 Å². The first-order valence-corrected chi connectivity index (χ1v) is 6.41. The molecule has 0 heterocycles. The van der Waals surface area contributed by atoms with Crippen molar-refractivity contribution in [2.45, 2.75) is 39.7 Å². The Morgan fingerprint density at radius 1 is 1.10 bits per heavy atom. The van der Waals surface area contributed by atoms with Crippen LogP contribution < -0.4 is 10.6 Å². The highest BCUT2D eigenvalue weighted by Crippen LogP contribution is 2.30. The smallest absolute Gasteiger partial charge is 0.315 e. The molecule has 0 radical (unpaired) electrons. The number of nitrogens with one attached hydrogen (secondary N) is 2. The van der Waals surface area contributed by atoms with E-state index < -0.39 is 23.0 Å². The fourth-order valence-electron chi connectivity index (χ4n) is 1.26. The molecule has 0 fully saturated rings. The van der Waals surface area contributed by atoms with E-state index in [1.165, 1.54) is 4.90 Å². The first kappa shape index (κ1) is 18.2. The molecule has 0 aliphatic carbocycles. The molecule has 0 unspecified atom stereocenters. The van der Waals surface area contributed by atoms with Gasteiger partial charge in [0.2, 0.25) is 5.91 Å². The lowest BCUT2D eigenvalue weighted by Gasteiger charge is -2.38. The summed E-state index contributed by atoms with van der Waals surface area (Å²) < 4.78 is 0. The van der Waals surface area contributed by atoms with E-state index in [0.717, 1.165) is 0 Å². The van der Waals surface area contributed by atoms with E-state index in [2.05, 4.69) is 10.6 Å². The summed E-state index contributed by atoms with van der Waals surface area (Å²) in [5.41, 5.74) is -2.06. The number of urea groups is 1. The first-order valence-electron chi connectivity index (χ1n) is 6.41. The van der Waals surface area contributed by atoms with Gasteiger partial charge in [0, 0.05) is 27.1 Å². The predicted molar refractivity (Wildman–Crippen MR) is 75.3 cm³/mol. The number of carboxylic acids is 1. The number of carboxylic acid groups (broad SMARTS) is 1. The van der Waals surface area contributed by atoms with Gasteiger partial charge in [-0.3, -0.25) is 9.59 Å². The summed E-state index contributed by atoms with van der Waals surface area (Å²) in [7, 11) is 3.28. The molecule has 20 heavy (non-hydrogen) atoms. The molecule has 0 aliphatic rings. The van der Waals surface area contributed by atoms with Crippen molar-refractivity contribution in [1.82, 2.24) is 15.5 Å². The quantitative estimate of drug-likeness (QED) is 0.668. The van der Waals surface area contributed by atoms with Gasteiger partial charge in [-0.2, -0.15) is 0 Å². The minimum atomic E-state index is -1.12. The fourth-order valence-corrected chi connectivity index (χ4v) is 1.26. The van der Waals surface area contributed by atoms with E-state index in [0.29, 0.717) is 0 Å². The Labute approximate surface area is 119 Å². The van der Waals surface area contributed by atoms with Crippen LogP contribution in [0.3, 0.4) is 0 Å². The zero-order valence-electron chi connectivity index (χ0n) is 13.0. The van der Waals surface area contributed by atoms with Crippen molar-refractivity contribution in [3.8, 4) is 0 Å². The standard InChI is InChI=1S/C13H25N3O4/c1-12(2,10(18)19)13(3,4)15-11(20)14-8-7-9(17)16(5)6/h7-8H2,1-6H3,(H,18,19)(H2,14,15,20). The van der Waals surface area contributed by atoms with Crippen LogP contribution >= 0.6 is 0 Å². The summed E-state index contributed by atoms with van der Waals surface area (Å²) in [5, 5.41) is 14.3. The average Bonchev–Trinajstić information content (AvgIpc) is 2.27. The minimum Gasteiger partial charge on any atom is -0.481 e. The Morgan fingerprint density at radius 2 is 1.60 bits per heavy atom. The second-order valence-electron chi connectivity index (χ2n) is 5.97. The van der Waals surface area contributed by atoms with Gasteiger partial charge in [0.25, 0.3) is 0 Å². The molecule has 7 nitrogen and oxygen atoms in total. The summed E-state index contributed by atoms with van der Waals surface area (Å²) >= 11 is 0. The Morgan fingerprint density at radius 3 is 2.00 bits per heavy atom. The number of hydrogen-bond donors (Lipinski definition) is 3. The lowest BCUT2D eigenvalue weighted by molar-refractivity contribution is -0.150. The number of hydrogen-bond acceptors (Lipinski definition) is 3. The SMILES string of the molecule is CN(C)C(=O)CCNC(=O)NC(C)(C)C(C)(C)C(=O)O. The molecule has 7 heteroatoms. The highest BCUT2D eigenvalue weighted by Gasteiger charge is 2.44. The van der Waals surface area contributed by atoms with Gasteiger partial charge in [-0.15, -0.1) is 0 Å². The molecule has 0 atom stereocenters. The third kappa shape index (κ3) is 4.71. The Kier molecular flexibility index (Phi) is 5.99. The van der Waals surface area contributed by atoms with Crippen LogP contribution in [0.5, 0.6) is 0 Å². The minimum absolute atomic E-state index is 0.0876. The second kappa shape index (κ2) is 6.58. The Hall–Kier alpha value is -1.79. The van der Waals surface area contributed by atoms with E-state index in [-0.39, 0.29) is 18.9 Å². The molecule has 0 saturated carbocycles. The molecule has 3 N–H and O–H groups in total. The van der Waals surface area contributed by atoms with Crippen molar-refractivity contribution in [3.63, 3.8) is 0 Å². The summed E-state index contributed by atoms with van der Waals surface area (Å²) in [4.78, 5) is 35.7. The molecule has 0 aromatic heterocycles. The van der Waals surface area contributed by atoms with Crippen LogP contribution in [0.2, 0.25) is 0 Å². The molecular weight excluding hydrogens is 262 g/mol. The van der Waals surface area contributed by atoms with Crippen LogP contribution in [0.15, 0.2) is 0 Å². The van der Waals surface area contributed by atoms with Gasteiger partial charge in [-0.25, -0.2) is 4.79 Å². The second-order valence-corrected chi connectivity index (χ2v) is 5.97. The molecule has 116 valence electrons. The topological polar surface area (TPSA) is 98.7 Å². The van der Waals surface area contributed by atoms with Crippen molar-refractivity contribution < 1.29 is 19.5 Å². The van der Waals surface area contributed by atoms with E-state index in [1.54, 1.807) is 41.8 Å². The number of carbonyl (C=O) groups is 3. The zero-order valence-corrected chi connectivity index (χ0v) is 13.0. The zero-order chi connectivity index (χ0) is 16.1. The predicted octanol–water partition coefficient (Wildman–Crippen LogP) is 0.653. The van der Waals surface area contributed by atoms with Gasteiger partial charge in [0.05, 0.1) is 11.0 Å². The molecule has 0 aliphatic heterocycles. The van der Waals surface area contributed by atoms with Crippen LogP contribution in [0.1, 0.15) is 34.1 Å². The van der Waals surface area contributed by atoms with Gasteiger partial charge < -0.3 is 20.6 Å². The molecule has 0 spiro atoms. The molecule has 0 rings (SSSR count). The molecule has 0 bridgehead atoms. The maximum absolute atomic E-state index is 11.7. The first-order chi connectivity index (χ1) is 8.91. The van der Waals surface area contributed by atoms with E-state index in [1.807, 2.05) is 0 Å². The van der Waals surface area contributed by atoms with Crippen LogP contribution in [0, 0.1) is 5.41 Å². The van der Waals surface area contributed by atoms with Gasteiger partial charge in [0.15, 0.2) is 0 Å². The number of nitrogens with zero attached hydrogens (tertiary/aromatic N) is 1. The third-order valence-corrected chi connectivity index (χ3v) is 3.65. The number of amides is 3. The maximum atomic E-state index is 11.7. The van der Waals surface area contributed by atoms with Crippen LogP contribution in [0.25, 0.3) is 0 Å². The summed E-state index contributed by atoms with van der Waals surface area (Å²) in [6.45, 7) is 6.58. The van der Waals surface area contributed by atoms with E-state index in [4.69, 9.17) is 0 Å². The van der Waals surface area contributed by atoms with Crippen molar-refractivity contribution >= 4 is 17.9 Å². The summed E-state index contributed by atoms with van der Waals surface area (Å²) in [6.07, 6.45) is 0.198. The number of aliphatic carboxylic acids is 1. The van der Waals surface area contributed by atoms with Crippen molar-refractivity contribution in [2.24, 2.45) is 5.41 Å². The maximum Gasteiger partial charge on any atom is 0.315 e. The van der Waals surface area contributed by atoms with Gasteiger partial charge in [-0.1, -0.05) is 0 Å². The van der Waals surface area contributed by atoms with E-state index in [9.17, 15) is 19.5 Å². The monoisotopic (exact) mass is 287 g/mol. The fraction of sp³-hybridized carbons (Fsp3) is 0.769. The molecule has 0 aromatic rings. The number of carbonyl (C=O) groups excluding carboxylic acids is 2. The summed E-state index contributed by atoms with van der Waals surface area (Å²) in [5.74, 6) is -1.08. The lowest BCUT2D eigenvalue weighted by atomic mass is 9.74. The van der Waals surface area contributed by atoms with Gasteiger partial charge in [-0.05, 0) is 27.7 Å². The van der Waals surface area contributed by atoms with E-state index >= 15 is 0 Å². The van der Waals surface area contributed by atoms with Crippen molar-refractivity contribution in [3.05, 3.63) is 0 Å². The van der Waals surface area contributed by atoms with Crippen LogP contribution in [0.4, 0.5) is 4.79 Å². The molecule has 0 aromatic carbocycles. The molecular formula is C13H25N3O4. The average molecular weight is 287 g/mol. The van der Waals surface area contributed by atoms with Crippen molar-refractivity contribution in [1.29, 1.82) is 0 Å². The van der Waals surface area contributed by atoms with Crippen molar-refractivity contribution in [2.75, 3.05) is 20.6 Å². The highest BCUT2D eigenvalue weighted by molar-refractivity contribution is 5.80. The highest BCUT2D eigenvalue weighted by atomic mass is 16.4. The number of rotatable bonds is 6. The lowest BCUT2D eigenvalue weighted by Crippen LogP contribution is -2.59. The summed E-state index contributed by atoms with van der Waals surface area (Å²) in [6, 6.07) is -0.490. The third-order valence-electron chi connectivity index (χ3n) is 3.65. The molecule has 3 amide bonds.